The summed E-state index contributed by atoms with van der Waals surface area (Å²) in [4.78, 5) is 18.9. The van der Waals surface area contributed by atoms with Gasteiger partial charge in [-0.15, -0.1) is 0 Å². The van der Waals surface area contributed by atoms with Gasteiger partial charge in [0.1, 0.15) is 17.4 Å². The van der Waals surface area contributed by atoms with Crippen molar-refractivity contribution in [3.8, 4) is 5.75 Å². The van der Waals surface area contributed by atoms with E-state index >= 15 is 0 Å². The van der Waals surface area contributed by atoms with Crippen molar-refractivity contribution < 1.29 is 23.4 Å². The second-order valence-electron chi connectivity index (χ2n) is 7.06. The Morgan fingerprint density at radius 1 is 1.21 bits per heavy atom. The molecule has 2 aromatic carbocycles. The minimum absolute atomic E-state index is 0.322. The molecule has 1 atom stereocenters. The van der Waals surface area contributed by atoms with Gasteiger partial charge in [0.2, 0.25) is 0 Å². The van der Waals surface area contributed by atoms with Crippen molar-refractivity contribution >= 4 is 28.9 Å². The van der Waals surface area contributed by atoms with E-state index in [2.05, 4.69) is 10.3 Å². The predicted molar refractivity (Wildman–Crippen MR) is 107 cm³/mol. The maximum Gasteiger partial charge on any atom is 0.412 e. The molecule has 29 heavy (non-hydrogen) atoms. The number of benzene rings is 2. The van der Waals surface area contributed by atoms with Crippen LogP contribution in [-0.4, -0.2) is 50.1 Å². The lowest BCUT2D eigenvalue weighted by Gasteiger charge is -2.22. The Morgan fingerprint density at radius 2 is 2.14 bits per heavy atom. The molecule has 2 aliphatic heterocycles. The number of para-hydroxylation sites is 2. The van der Waals surface area contributed by atoms with E-state index in [9.17, 15) is 4.79 Å². The lowest BCUT2D eigenvalue weighted by Crippen LogP contribution is -2.36. The van der Waals surface area contributed by atoms with Crippen molar-refractivity contribution in [2.45, 2.75) is 12.5 Å². The van der Waals surface area contributed by atoms with E-state index in [1.54, 1.807) is 6.07 Å². The maximum absolute atomic E-state index is 12.4. The van der Waals surface area contributed by atoms with Crippen LogP contribution in [0.4, 0.5) is 16.5 Å². The van der Waals surface area contributed by atoms with Gasteiger partial charge in [0.05, 0.1) is 26.4 Å². The average Bonchev–Trinajstić information content (AvgIpc) is 3.30. The number of anilines is 2. The standard InChI is InChI=1S/C21H21N3O5/c25-21(22-15-5-6-18-14(11-15)7-9-27-18)28-16-12-24(8-10-26-13-16)20-23-17-3-1-2-4-19(17)29-20/h1-6,11,16H,7-10,12-13H2,(H,22,25)/t16-/m1/s1. The van der Waals surface area contributed by atoms with Crippen molar-refractivity contribution in [1.29, 1.82) is 0 Å². The molecule has 3 aromatic rings. The molecule has 150 valence electrons. The molecule has 0 bridgehead atoms. The molecule has 1 amide bonds. The van der Waals surface area contributed by atoms with Gasteiger partial charge in [-0.1, -0.05) is 12.1 Å². The highest BCUT2D eigenvalue weighted by Gasteiger charge is 2.25. The molecule has 1 aromatic heterocycles. The fourth-order valence-electron chi connectivity index (χ4n) is 3.58. The van der Waals surface area contributed by atoms with Crippen molar-refractivity contribution in [2.75, 3.05) is 43.1 Å². The molecule has 5 rings (SSSR count). The van der Waals surface area contributed by atoms with Crippen LogP contribution >= 0.6 is 0 Å². The zero-order valence-electron chi connectivity index (χ0n) is 15.8. The number of rotatable bonds is 3. The summed E-state index contributed by atoms with van der Waals surface area (Å²) in [5.41, 5.74) is 3.29. The topological polar surface area (TPSA) is 86.1 Å². The Hall–Kier alpha value is -3.26. The number of carbonyl (C=O) groups is 1. The van der Waals surface area contributed by atoms with Gasteiger partial charge in [0, 0.05) is 18.7 Å². The van der Waals surface area contributed by atoms with Crippen LogP contribution < -0.4 is 15.0 Å². The summed E-state index contributed by atoms with van der Waals surface area (Å²) < 4.78 is 22.5. The van der Waals surface area contributed by atoms with Crippen LogP contribution in [-0.2, 0) is 15.9 Å². The molecule has 1 saturated heterocycles. The van der Waals surface area contributed by atoms with Crippen LogP contribution in [0.1, 0.15) is 5.56 Å². The third kappa shape index (κ3) is 3.84. The number of amides is 1. The first-order valence-corrected chi connectivity index (χ1v) is 9.66. The highest BCUT2D eigenvalue weighted by molar-refractivity contribution is 5.85. The first kappa shape index (κ1) is 17.8. The van der Waals surface area contributed by atoms with E-state index < -0.39 is 12.2 Å². The lowest BCUT2D eigenvalue weighted by molar-refractivity contribution is 0.0443. The normalized spacial score (nSPS) is 18.8. The van der Waals surface area contributed by atoms with Crippen LogP contribution in [0.2, 0.25) is 0 Å². The number of fused-ring (bicyclic) bond motifs is 2. The van der Waals surface area contributed by atoms with Crippen molar-refractivity contribution in [3.05, 3.63) is 48.0 Å². The van der Waals surface area contributed by atoms with Crippen LogP contribution in [0.3, 0.4) is 0 Å². The van der Waals surface area contributed by atoms with Gasteiger partial charge in [0.25, 0.3) is 6.01 Å². The summed E-state index contributed by atoms with van der Waals surface area (Å²) in [7, 11) is 0. The zero-order chi connectivity index (χ0) is 19.6. The van der Waals surface area contributed by atoms with Gasteiger partial charge in [-0.3, -0.25) is 5.32 Å². The van der Waals surface area contributed by atoms with Crippen LogP contribution in [0, 0.1) is 0 Å². The Morgan fingerprint density at radius 3 is 3.07 bits per heavy atom. The first-order chi connectivity index (χ1) is 14.2. The first-order valence-electron chi connectivity index (χ1n) is 9.66. The summed E-state index contributed by atoms with van der Waals surface area (Å²) in [5.74, 6) is 0.870. The number of nitrogens with one attached hydrogen (secondary N) is 1. The summed E-state index contributed by atoms with van der Waals surface area (Å²) in [6.45, 7) is 2.55. The second-order valence-corrected chi connectivity index (χ2v) is 7.06. The monoisotopic (exact) mass is 395 g/mol. The number of oxazole rings is 1. The summed E-state index contributed by atoms with van der Waals surface area (Å²) >= 11 is 0. The van der Waals surface area contributed by atoms with Crippen molar-refractivity contribution in [1.82, 2.24) is 4.98 Å². The third-order valence-corrected chi connectivity index (χ3v) is 5.00. The van der Waals surface area contributed by atoms with Crippen molar-refractivity contribution in [2.24, 2.45) is 0 Å². The molecular weight excluding hydrogens is 374 g/mol. The Balaban J connectivity index is 1.24. The van der Waals surface area contributed by atoms with Gasteiger partial charge >= 0.3 is 6.09 Å². The smallest absolute Gasteiger partial charge is 0.412 e. The largest absolute Gasteiger partial charge is 0.493 e. The van der Waals surface area contributed by atoms with Gasteiger partial charge in [0.15, 0.2) is 5.58 Å². The van der Waals surface area contributed by atoms with Crippen molar-refractivity contribution in [3.63, 3.8) is 0 Å². The minimum atomic E-state index is -0.517. The summed E-state index contributed by atoms with van der Waals surface area (Å²) in [5, 5.41) is 2.79. The van der Waals surface area contributed by atoms with Crippen LogP contribution in [0.5, 0.6) is 5.75 Å². The highest BCUT2D eigenvalue weighted by atomic mass is 16.6. The lowest BCUT2D eigenvalue weighted by atomic mass is 10.1. The molecule has 0 aliphatic carbocycles. The number of hydrogen-bond acceptors (Lipinski definition) is 7. The van der Waals surface area contributed by atoms with Gasteiger partial charge in [-0.05, 0) is 35.9 Å². The Kier molecular flexibility index (Phi) is 4.69. The van der Waals surface area contributed by atoms with E-state index in [0.29, 0.717) is 44.6 Å². The molecule has 1 fully saturated rings. The van der Waals surface area contributed by atoms with Crippen LogP contribution in [0.15, 0.2) is 46.9 Å². The molecule has 0 saturated carbocycles. The molecular formula is C21H21N3O5. The van der Waals surface area contributed by atoms with E-state index in [1.807, 2.05) is 41.3 Å². The molecule has 3 heterocycles. The maximum atomic E-state index is 12.4. The van der Waals surface area contributed by atoms with Gasteiger partial charge < -0.3 is 23.5 Å². The number of carbonyl (C=O) groups excluding carboxylic acids is 1. The quantitative estimate of drug-likeness (QED) is 0.729. The molecule has 1 N–H and O–H groups in total. The van der Waals surface area contributed by atoms with E-state index in [-0.39, 0.29) is 0 Å². The Labute approximate surface area is 167 Å². The molecule has 0 unspecified atom stereocenters. The highest BCUT2D eigenvalue weighted by Crippen LogP contribution is 2.28. The number of nitrogens with zero attached hydrogens (tertiary/aromatic N) is 2. The average molecular weight is 395 g/mol. The molecule has 2 aliphatic rings. The molecule has 8 nitrogen and oxygen atoms in total. The number of hydrogen-bond donors (Lipinski definition) is 1. The van der Waals surface area contributed by atoms with E-state index in [0.717, 1.165) is 28.8 Å². The summed E-state index contributed by atoms with van der Waals surface area (Å²) in [6, 6.07) is 13.7. The predicted octanol–water partition coefficient (Wildman–Crippen LogP) is 3.22. The number of ether oxygens (including phenoxy) is 3. The molecule has 8 heteroatoms. The fraction of sp³-hybridized carbons (Fsp3) is 0.333. The third-order valence-electron chi connectivity index (χ3n) is 5.00. The van der Waals surface area contributed by atoms with Gasteiger partial charge in [-0.2, -0.15) is 4.98 Å². The minimum Gasteiger partial charge on any atom is -0.493 e. The Bertz CT molecular complexity index is 1000. The number of aromatic nitrogens is 1. The van der Waals surface area contributed by atoms with E-state index in [4.69, 9.17) is 18.6 Å². The second kappa shape index (κ2) is 7.63. The molecule has 0 spiro atoms. The molecule has 0 radical (unpaired) electrons. The fourth-order valence-corrected chi connectivity index (χ4v) is 3.58. The SMILES string of the molecule is O=C(Nc1ccc2c(c1)CCO2)O[C@H]1COCCN(c2nc3ccccc3o2)C1. The summed E-state index contributed by atoms with van der Waals surface area (Å²) in [6.07, 6.45) is -0.113. The zero-order valence-corrected chi connectivity index (χ0v) is 15.8. The van der Waals surface area contributed by atoms with Crippen LogP contribution in [0.25, 0.3) is 11.1 Å². The van der Waals surface area contributed by atoms with E-state index in [1.165, 1.54) is 0 Å². The van der Waals surface area contributed by atoms with Gasteiger partial charge in [-0.25, -0.2) is 4.79 Å².